The Morgan fingerprint density at radius 3 is 2.45 bits per heavy atom. The maximum Gasteiger partial charge on any atom is 0.303 e. The Labute approximate surface area is 234 Å². The van der Waals surface area contributed by atoms with E-state index in [1.165, 1.54) is 11.8 Å². The van der Waals surface area contributed by atoms with E-state index in [1.54, 1.807) is 16.4 Å². The van der Waals surface area contributed by atoms with Crippen molar-refractivity contribution in [3.8, 4) is 6.07 Å². The van der Waals surface area contributed by atoms with Crippen LogP contribution in [0.3, 0.4) is 0 Å². The number of carbonyl (C=O) groups is 2. The Bertz CT molecular complexity index is 1210. The molecule has 1 aromatic heterocycles. The highest BCUT2D eigenvalue weighted by atomic mass is 32.2. The lowest BCUT2D eigenvalue weighted by atomic mass is 9.91. The molecule has 3 rings (SSSR count). The van der Waals surface area contributed by atoms with Crippen LogP contribution in [0.5, 0.6) is 0 Å². The summed E-state index contributed by atoms with van der Waals surface area (Å²) < 4.78 is 2.22. The number of carbonyl (C=O) groups excluding carboxylic acids is 1. The number of aliphatic carboxylic acids is 1. The van der Waals surface area contributed by atoms with E-state index in [1.807, 2.05) is 6.08 Å². The van der Waals surface area contributed by atoms with Gasteiger partial charge in [-0.15, -0.1) is 0 Å². The second-order valence-corrected chi connectivity index (χ2v) is 12.2. The molecule has 2 fully saturated rings. The van der Waals surface area contributed by atoms with Gasteiger partial charge in [-0.1, -0.05) is 57.6 Å². The van der Waals surface area contributed by atoms with E-state index < -0.39 is 5.97 Å². The molecular formula is C28H38N4O4S2. The van der Waals surface area contributed by atoms with Gasteiger partial charge in [0, 0.05) is 38.2 Å². The molecule has 2 unspecified atom stereocenters. The van der Waals surface area contributed by atoms with Crippen LogP contribution in [-0.2, 0) is 16.1 Å². The lowest BCUT2D eigenvalue weighted by Gasteiger charge is -2.39. The zero-order valence-corrected chi connectivity index (χ0v) is 24.4. The van der Waals surface area contributed by atoms with Crippen molar-refractivity contribution in [2.24, 2.45) is 11.8 Å². The normalized spacial score (nSPS) is 20.9. The number of rotatable bonds is 11. The molecule has 8 nitrogen and oxygen atoms in total. The predicted octanol–water partition coefficient (Wildman–Crippen LogP) is 5.16. The number of thioether (sulfide) groups is 1. The van der Waals surface area contributed by atoms with Gasteiger partial charge in [0.1, 0.15) is 21.8 Å². The Hall–Kier alpha value is -2.64. The zero-order valence-electron chi connectivity index (χ0n) is 22.8. The number of unbranched alkanes of at least 4 members (excludes halogenated alkanes) is 3. The van der Waals surface area contributed by atoms with Gasteiger partial charge in [-0.2, -0.15) is 5.26 Å². The molecule has 2 atom stereocenters. The van der Waals surface area contributed by atoms with Crippen LogP contribution in [0, 0.1) is 30.1 Å². The Kier molecular flexibility index (Phi) is 10.6. The van der Waals surface area contributed by atoms with E-state index in [4.69, 9.17) is 17.3 Å². The summed E-state index contributed by atoms with van der Waals surface area (Å²) >= 11 is 6.76. The number of anilines is 1. The van der Waals surface area contributed by atoms with Gasteiger partial charge in [-0.05, 0) is 56.1 Å². The monoisotopic (exact) mass is 558 g/mol. The molecule has 3 heterocycles. The van der Waals surface area contributed by atoms with Crippen LogP contribution in [0.2, 0.25) is 0 Å². The second kappa shape index (κ2) is 13.4. The highest BCUT2D eigenvalue weighted by Crippen LogP contribution is 2.37. The molecule has 1 N–H and O–H groups in total. The lowest BCUT2D eigenvalue weighted by Crippen LogP contribution is -2.43. The van der Waals surface area contributed by atoms with Crippen LogP contribution in [0.25, 0.3) is 6.08 Å². The van der Waals surface area contributed by atoms with Crippen LogP contribution < -0.4 is 10.5 Å². The fourth-order valence-electron chi connectivity index (χ4n) is 5.39. The third kappa shape index (κ3) is 6.86. The molecule has 1 amide bonds. The van der Waals surface area contributed by atoms with Gasteiger partial charge in [0.05, 0.1) is 4.91 Å². The first-order chi connectivity index (χ1) is 18.1. The minimum absolute atomic E-state index is 0.114. The standard InChI is InChI=1S/C28H38N4O4S2/c1-5-6-11-31-25(30-16-18(2)13-19(3)17-30)21(20(4)22(15-29)26(31)35)14-23-27(36)32(28(37)38-23)12-9-7-8-10-24(33)34/h14,18-19H,5-13,16-17H2,1-4H3,(H,33,34). The first-order valence-electron chi connectivity index (χ1n) is 13.5. The van der Waals surface area contributed by atoms with Gasteiger partial charge in [-0.3, -0.25) is 23.9 Å². The number of nitrogens with zero attached hydrogens (tertiary/aromatic N) is 4. The van der Waals surface area contributed by atoms with E-state index in [9.17, 15) is 19.6 Å². The molecule has 2 aliphatic heterocycles. The van der Waals surface area contributed by atoms with Crippen LogP contribution in [0.15, 0.2) is 9.70 Å². The summed E-state index contributed by atoms with van der Waals surface area (Å²) in [5.74, 6) is 0.693. The topological polar surface area (TPSA) is 107 Å². The summed E-state index contributed by atoms with van der Waals surface area (Å²) in [6, 6.07) is 2.12. The first-order valence-corrected chi connectivity index (χ1v) is 14.7. The number of hydrogen-bond donors (Lipinski definition) is 1. The maximum absolute atomic E-state index is 13.5. The lowest BCUT2D eigenvalue weighted by molar-refractivity contribution is -0.137. The molecule has 0 bridgehead atoms. The zero-order chi connectivity index (χ0) is 28.0. The van der Waals surface area contributed by atoms with Gasteiger partial charge >= 0.3 is 5.97 Å². The van der Waals surface area contributed by atoms with Crippen LogP contribution in [-0.4, -0.2) is 50.4 Å². The van der Waals surface area contributed by atoms with Crippen molar-refractivity contribution in [2.75, 3.05) is 24.5 Å². The molecule has 0 saturated carbocycles. The number of hydrogen-bond acceptors (Lipinski definition) is 7. The second-order valence-electron chi connectivity index (χ2n) is 10.5. The fraction of sp³-hybridized carbons (Fsp3) is 0.607. The van der Waals surface area contributed by atoms with E-state index in [2.05, 4.69) is 31.7 Å². The molecule has 0 aromatic carbocycles. The highest BCUT2D eigenvalue weighted by molar-refractivity contribution is 8.26. The predicted molar refractivity (Wildman–Crippen MR) is 156 cm³/mol. The molecule has 0 aliphatic carbocycles. The maximum atomic E-state index is 13.5. The molecule has 2 aliphatic rings. The van der Waals surface area contributed by atoms with Crippen molar-refractivity contribution in [2.45, 2.75) is 79.2 Å². The number of amides is 1. The Balaban J connectivity index is 2.04. The fourth-order valence-corrected chi connectivity index (χ4v) is 6.68. The Morgan fingerprint density at radius 2 is 1.84 bits per heavy atom. The molecule has 10 heteroatoms. The minimum atomic E-state index is -0.820. The van der Waals surface area contributed by atoms with Gasteiger partial charge in [0.2, 0.25) is 0 Å². The average molecular weight is 559 g/mol. The summed E-state index contributed by atoms with van der Waals surface area (Å²) in [5, 5.41) is 18.7. The number of piperidine rings is 1. The van der Waals surface area contributed by atoms with Gasteiger partial charge < -0.3 is 10.0 Å². The highest BCUT2D eigenvalue weighted by Gasteiger charge is 2.34. The van der Waals surface area contributed by atoms with Crippen molar-refractivity contribution in [1.82, 2.24) is 9.47 Å². The molecular weight excluding hydrogens is 520 g/mol. The number of carboxylic acid groups (broad SMARTS) is 1. The van der Waals surface area contributed by atoms with E-state index >= 15 is 0 Å². The molecule has 38 heavy (non-hydrogen) atoms. The number of thiocarbonyl (C=S) groups is 1. The summed E-state index contributed by atoms with van der Waals surface area (Å²) in [7, 11) is 0. The Morgan fingerprint density at radius 1 is 1.16 bits per heavy atom. The average Bonchev–Trinajstić information content (AvgIpc) is 3.11. The number of pyridine rings is 1. The van der Waals surface area contributed by atoms with E-state index in [-0.39, 0.29) is 23.5 Å². The van der Waals surface area contributed by atoms with Crippen molar-refractivity contribution in [3.05, 3.63) is 31.9 Å². The van der Waals surface area contributed by atoms with Crippen molar-refractivity contribution < 1.29 is 14.7 Å². The van der Waals surface area contributed by atoms with Crippen molar-refractivity contribution in [3.63, 3.8) is 0 Å². The molecule has 0 radical (unpaired) electrons. The van der Waals surface area contributed by atoms with Gasteiger partial charge in [0.25, 0.3) is 11.5 Å². The largest absolute Gasteiger partial charge is 0.481 e. The van der Waals surface area contributed by atoms with Crippen molar-refractivity contribution >= 4 is 52.1 Å². The first kappa shape index (κ1) is 29.9. The van der Waals surface area contributed by atoms with Gasteiger partial charge in [0.15, 0.2) is 0 Å². The summed E-state index contributed by atoms with van der Waals surface area (Å²) in [6.07, 6.45) is 6.70. The van der Waals surface area contributed by atoms with Gasteiger partial charge in [-0.25, -0.2) is 0 Å². The molecule has 2 saturated heterocycles. The van der Waals surface area contributed by atoms with Crippen LogP contribution in [0.4, 0.5) is 5.82 Å². The SMILES string of the molecule is CCCCn1c(N2CC(C)CC(C)C2)c(C=C2SC(=S)N(CCCCCC(=O)O)C2=O)c(C)c(C#N)c1=O. The number of carboxylic acids is 1. The number of aromatic nitrogens is 1. The summed E-state index contributed by atoms with van der Waals surface area (Å²) in [5.41, 5.74) is 1.17. The molecule has 0 spiro atoms. The third-order valence-corrected chi connectivity index (χ3v) is 8.55. The number of nitriles is 1. The quantitative estimate of drug-likeness (QED) is 0.226. The molecule has 206 valence electrons. The van der Waals surface area contributed by atoms with Crippen molar-refractivity contribution in [1.29, 1.82) is 5.26 Å². The summed E-state index contributed by atoms with van der Waals surface area (Å²) in [4.78, 5) is 41.9. The minimum Gasteiger partial charge on any atom is -0.481 e. The molecule has 1 aromatic rings. The van der Waals surface area contributed by atoms with E-state index in [0.717, 1.165) is 43.7 Å². The smallest absolute Gasteiger partial charge is 0.303 e. The summed E-state index contributed by atoms with van der Waals surface area (Å²) in [6.45, 7) is 10.9. The van der Waals surface area contributed by atoms with Crippen LogP contribution in [0.1, 0.15) is 82.4 Å². The third-order valence-electron chi connectivity index (χ3n) is 7.17. The van der Waals surface area contributed by atoms with E-state index in [0.29, 0.717) is 59.0 Å². The van der Waals surface area contributed by atoms with Crippen LogP contribution >= 0.6 is 24.0 Å².